The molecule has 96 valence electrons. The van der Waals surface area contributed by atoms with Crippen molar-refractivity contribution >= 4 is 31.9 Å². The molecule has 2 rings (SSSR count). The number of H-pyrrole nitrogens is 1. The van der Waals surface area contributed by atoms with E-state index in [9.17, 15) is 8.42 Å². The summed E-state index contributed by atoms with van der Waals surface area (Å²) in [6, 6.07) is 4.81. The van der Waals surface area contributed by atoms with Crippen LogP contribution < -0.4 is 10.5 Å². The fraction of sp³-hybridized carbons (Fsp3) is 0.111. The molecule has 0 saturated carbocycles. The van der Waals surface area contributed by atoms with Crippen molar-refractivity contribution in [1.29, 1.82) is 0 Å². The Morgan fingerprint density at radius 2 is 2.17 bits per heavy atom. The number of halogens is 1. The summed E-state index contributed by atoms with van der Waals surface area (Å²) in [4.78, 5) is 4.06. The van der Waals surface area contributed by atoms with Crippen LogP contribution in [0.25, 0.3) is 11.4 Å². The van der Waals surface area contributed by atoms with Crippen molar-refractivity contribution in [2.45, 2.75) is 4.90 Å². The van der Waals surface area contributed by atoms with E-state index < -0.39 is 10.0 Å². The SMILES string of the molecule is CNS(=O)(=O)c1cc(-c2nc(N)n[nH]2)ccc1Br. The maximum Gasteiger partial charge on any atom is 0.241 e. The number of nitrogens with two attached hydrogens (primary N) is 1. The molecule has 0 unspecified atom stereocenters. The summed E-state index contributed by atoms with van der Waals surface area (Å²) in [5.74, 6) is 0.512. The highest BCUT2D eigenvalue weighted by Crippen LogP contribution is 2.26. The monoisotopic (exact) mass is 331 g/mol. The van der Waals surface area contributed by atoms with Gasteiger partial charge in [0.25, 0.3) is 0 Å². The van der Waals surface area contributed by atoms with E-state index in [1.54, 1.807) is 12.1 Å². The molecule has 18 heavy (non-hydrogen) atoms. The second-order valence-electron chi connectivity index (χ2n) is 3.39. The third kappa shape index (κ3) is 2.37. The van der Waals surface area contributed by atoms with Gasteiger partial charge in [0, 0.05) is 10.0 Å². The van der Waals surface area contributed by atoms with Gasteiger partial charge in [-0.3, -0.25) is 5.10 Å². The van der Waals surface area contributed by atoms with Gasteiger partial charge in [-0.15, -0.1) is 5.10 Å². The number of sulfonamides is 1. The van der Waals surface area contributed by atoms with Crippen molar-refractivity contribution in [1.82, 2.24) is 19.9 Å². The van der Waals surface area contributed by atoms with Crippen LogP contribution in [-0.2, 0) is 10.0 Å². The predicted molar refractivity (Wildman–Crippen MR) is 70.2 cm³/mol. The molecule has 0 spiro atoms. The number of rotatable bonds is 3. The quantitative estimate of drug-likeness (QED) is 0.766. The maximum atomic E-state index is 11.8. The van der Waals surface area contributed by atoms with Crippen molar-refractivity contribution in [2.75, 3.05) is 12.8 Å². The largest absolute Gasteiger partial charge is 0.366 e. The van der Waals surface area contributed by atoms with Crippen molar-refractivity contribution in [3.8, 4) is 11.4 Å². The first kappa shape index (κ1) is 13.0. The van der Waals surface area contributed by atoms with Gasteiger partial charge in [0.15, 0.2) is 5.82 Å². The number of aromatic nitrogens is 3. The summed E-state index contributed by atoms with van der Waals surface area (Å²) < 4.78 is 26.3. The van der Waals surface area contributed by atoms with Crippen molar-refractivity contribution in [3.63, 3.8) is 0 Å². The molecule has 0 aliphatic rings. The van der Waals surface area contributed by atoms with Gasteiger partial charge in [-0.2, -0.15) is 4.98 Å². The fourth-order valence-electron chi connectivity index (χ4n) is 1.37. The van der Waals surface area contributed by atoms with Crippen LogP contribution in [0.3, 0.4) is 0 Å². The smallest absolute Gasteiger partial charge is 0.241 e. The molecule has 0 radical (unpaired) electrons. The number of nitrogen functional groups attached to an aromatic ring is 1. The standard InChI is InChI=1S/C9H10BrN5O2S/c1-12-18(16,17)7-4-5(2-3-6(7)10)8-13-9(11)15-14-8/h2-4,12H,1H3,(H3,11,13,14,15). The van der Waals surface area contributed by atoms with E-state index >= 15 is 0 Å². The highest BCUT2D eigenvalue weighted by molar-refractivity contribution is 9.10. The van der Waals surface area contributed by atoms with Crippen LogP contribution in [0.15, 0.2) is 27.6 Å². The lowest BCUT2D eigenvalue weighted by Gasteiger charge is -2.06. The summed E-state index contributed by atoms with van der Waals surface area (Å²) >= 11 is 3.19. The fourth-order valence-corrected chi connectivity index (χ4v) is 3.08. The van der Waals surface area contributed by atoms with Crippen LogP contribution in [0.2, 0.25) is 0 Å². The van der Waals surface area contributed by atoms with E-state index in [4.69, 9.17) is 5.73 Å². The minimum Gasteiger partial charge on any atom is -0.366 e. The van der Waals surface area contributed by atoms with Gasteiger partial charge in [0.1, 0.15) is 0 Å². The van der Waals surface area contributed by atoms with Crippen LogP contribution in [-0.4, -0.2) is 30.6 Å². The van der Waals surface area contributed by atoms with E-state index in [-0.39, 0.29) is 10.8 Å². The predicted octanol–water partition coefficient (Wildman–Crippen LogP) is 0.724. The van der Waals surface area contributed by atoms with Crippen molar-refractivity contribution < 1.29 is 8.42 Å². The third-order valence-corrected chi connectivity index (χ3v) is 4.67. The van der Waals surface area contributed by atoms with Crippen LogP contribution >= 0.6 is 15.9 Å². The van der Waals surface area contributed by atoms with Crippen LogP contribution in [0.4, 0.5) is 5.95 Å². The maximum absolute atomic E-state index is 11.8. The van der Waals surface area contributed by atoms with Crippen LogP contribution in [0.1, 0.15) is 0 Å². The van der Waals surface area contributed by atoms with E-state index in [0.717, 1.165) is 0 Å². The molecule has 0 aliphatic carbocycles. The Bertz CT molecular complexity index is 682. The third-order valence-electron chi connectivity index (χ3n) is 2.27. The van der Waals surface area contributed by atoms with Crippen molar-refractivity contribution in [2.24, 2.45) is 0 Å². The minimum atomic E-state index is -3.54. The molecule has 0 saturated heterocycles. The van der Waals surface area contributed by atoms with E-state index in [1.165, 1.54) is 13.1 Å². The zero-order valence-corrected chi connectivity index (χ0v) is 11.7. The van der Waals surface area contributed by atoms with Gasteiger partial charge < -0.3 is 5.73 Å². The molecule has 7 nitrogen and oxygen atoms in total. The minimum absolute atomic E-state index is 0.103. The number of hydrogen-bond donors (Lipinski definition) is 3. The zero-order valence-electron chi connectivity index (χ0n) is 9.31. The molecule has 0 atom stereocenters. The second-order valence-corrected chi connectivity index (χ2v) is 6.10. The lowest BCUT2D eigenvalue weighted by molar-refractivity contribution is 0.588. The summed E-state index contributed by atoms with van der Waals surface area (Å²) in [6.45, 7) is 0. The Kier molecular flexibility index (Phi) is 3.37. The van der Waals surface area contributed by atoms with Gasteiger partial charge in [0.2, 0.25) is 16.0 Å². The van der Waals surface area contributed by atoms with Gasteiger partial charge in [0.05, 0.1) is 4.90 Å². The normalized spacial score (nSPS) is 11.7. The number of nitrogens with zero attached hydrogens (tertiary/aromatic N) is 2. The van der Waals surface area contributed by atoms with Gasteiger partial charge in [-0.25, -0.2) is 13.1 Å². The molecule has 2 aromatic rings. The zero-order chi connectivity index (χ0) is 13.3. The second kappa shape index (κ2) is 4.67. The Morgan fingerprint density at radius 3 is 2.72 bits per heavy atom. The molecular formula is C9H10BrN5O2S. The highest BCUT2D eigenvalue weighted by atomic mass is 79.9. The first-order valence-electron chi connectivity index (χ1n) is 4.85. The average molecular weight is 332 g/mol. The molecule has 0 amide bonds. The van der Waals surface area contributed by atoms with Gasteiger partial charge >= 0.3 is 0 Å². The summed E-state index contributed by atoms with van der Waals surface area (Å²) in [5.41, 5.74) is 5.98. The Balaban J connectivity index is 2.57. The summed E-state index contributed by atoms with van der Waals surface area (Å²) in [5, 5.41) is 6.31. The lowest BCUT2D eigenvalue weighted by Crippen LogP contribution is -2.19. The molecule has 1 aromatic carbocycles. The van der Waals surface area contributed by atoms with Crippen LogP contribution in [0, 0.1) is 0 Å². The molecule has 0 aliphatic heterocycles. The van der Waals surface area contributed by atoms with E-state index in [0.29, 0.717) is 15.9 Å². The van der Waals surface area contributed by atoms with Crippen molar-refractivity contribution in [3.05, 3.63) is 22.7 Å². The summed E-state index contributed by atoms with van der Waals surface area (Å²) in [7, 11) is -2.19. The number of benzene rings is 1. The molecule has 1 heterocycles. The van der Waals surface area contributed by atoms with Gasteiger partial charge in [-0.1, -0.05) is 6.07 Å². The highest BCUT2D eigenvalue weighted by Gasteiger charge is 2.17. The molecule has 0 fully saturated rings. The lowest BCUT2D eigenvalue weighted by atomic mass is 10.2. The van der Waals surface area contributed by atoms with Gasteiger partial charge in [-0.05, 0) is 35.1 Å². The molecule has 0 bridgehead atoms. The van der Waals surface area contributed by atoms with E-state index in [2.05, 4.69) is 35.8 Å². The number of hydrogen-bond acceptors (Lipinski definition) is 5. The number of nitrogens with one attached hydrogen (secondary N) is 2. The van der Waals surface area contributed by atoms with E-state index in [1.807, 2.05) is 0 Å². The molecular weight excluding hydrogens is 322 g/mol. The molecule has 4 N–H and O–H groups in total. The summed E-state index contributed by atoms with van der Waals surface area (Å²) in [6.07, 6.45) is 0. The molecule has 9 heteroatoms. The average Bonchev–Trinajstić information content (AvgIpc) is 2.76. The first-order chi connectivity index (χ1) is 8.44. The number of aromatic amines is 1. The topological polar surface area (TPSA) is 114 Å². The van der Waals surface area contributed by atoms with Crippen LogP contribution in [0.5, 0.6) is 0 Å². The number of anilines is 1. The molecule has 1 aromatic heterocycles. The first-order valence-corrected chi connectivity index (χ1v) is 7.13. The Hall–Kier alpha value is -1.45. The Labute approximate surface area is 112 Å². The Morgan fingerprint density at radius 1 is 1.44 bits per heavy atom.